The fraction of sp³-hybridized carbons (Fsp3) is 0.488. The molecule has 2 atom stereocenters. The third-order valence-corrected chi connectivity index (χ3v) is 13.8. The number of pyridine rings is 1. The summed E-state index contributed by atoms with van der Waals surface area (Å²) in [5, 5.41) is 15.3. The minimum atomic E-state index is -3.12. The molecular weight excluding hydrogens is 852 g/mol. The summed E-state index contributed by atoms with van der Waals surface area (Å²) in [6.07, 6.45) is 6.10. The van der Waals surface area contributed by atoms with Crippen LogP contribution in [0.1, 0.15) is 50.1 Å². The number of nitrogens with zero attached hydrogens (tertiary/aromatic N) is 8. The van der Waals surface area contributed by atoms with E-state index in [9.17, 15) is 14.4 Å². The highest BCUT2D eigenvalue weighted by atomic mass is 79.9. The number of anilines is 5. The molecule has 3 N–H and O–H groups in total. The average molecular weight is 901 g/mol. The van der Waals surface area contributed by atoms with Crippen molar-refractivity contribution in [1.29, 1.82) is 0 Å². The maximum Gasteiger partial charge on any atom is 0.301 e. The number of ether oxygens (including phenoxy) is 1. The predicted molar refractivity (Wildman–Crippen MR) is 232 cm³/mol. The van der Waals surface area contributed by atoms with Crippen molar-refractivity contribution in [3.05, 3.63) is 63.1 Å². The van der Waals surface area contributed by atoms with Crippen LogP contribution in [-0.2, 0) is 23.7 Å². The van der Waals surface area contributed by atoms with Gasteiger partial charge in [0.25, 0.3) is 5.56 Å². The first kappa shape index (κ1) is 39.8. The molecule has 2 aromatic carbocycles. The van der Waals surface area contributed by atoms with Crippen molar-refractivity contribution >= 4 is 78.4 Å². The number of aromatic nitrogens is 5. The third kappa shape index (κ3) is 7.44. The highest BCUT2D eigenvalue weighted by Gasteiger charge is 2.51. The Morgan fingerprint density at radius 2 is 1.74 bits per heavy atom. The Morgan fingerprint density at radius 3 is 2.49 bits per heavy atom. The number of carbonyl (C=O) groups is 2. The molecule has 1 saturated carbocycles. The molecule has 1 unspecified atom stereocenters. The van der Waals surface area contributed by atoms with E-state index in [0.29, 0.717) is 70.1 Å². The Balaban J connectivity index is 0.777. The zero-order valence-corrected chi connectivity index (χ0v) is 35.7. The van der Waals surface area contributed by atoms with Crippen LogP contribution in [0.5, 0.6) is 5.75 Å². The summed E-state index contributed by atoms with van der Waals surface area (Å²) < 4.78 is 39.9. The summed E-state index contributed by atoms with van der Waals surface area (Å²) in [5.74, 6) is -2.56. The zero-order chi connectivity index (χ0) is 42.2. The Bertz CT molecular complexity index is 2620. The van der Waals surface area contributed by atoms with Gasteiger partial charge in [0.15, 0.2) is 6.61 Å². The molecule has 4 aliphatic heterocycles. The van der Waals surface area contributed by atoms with Gasteiger partial charge in [-0.05, 0) is 84.1 Å². The first-order valence-corrected chi connectivity index (χ1v) is 22.0. The Labute approximate surface area is 358 Å². The van der Waals surface area contributed by atoms with Crippen LogP contribution in [0.2, 0.25) is 0 Å². The molecule has 15 nitrogen and oxygen atoms in total. The number of piperidine rings is 2. The van der Waals surface area contributed by atoms with E-state index in [0.717, 1.165) is 80.9 Å². The predicted octanol–water partition coefficient (Wildman–Crippen LogP) is 5.50. The van der Waals surface area contributed by atoms with E-state index in [-0.39, 0.29) is 23.5 Å². The highest BCUT2D eigenvalue weighted by Crippen LogP contribution is 2.46. The molecule has 0 spiro atoms. The molecule has 7 heterocycles. The number of carbonyl (C=O) groups excluding carboxylic acids is 2. The van der Waals surface area contributed by atoms with E-state index in [1.165, 1.54) is 4.57 Å². The lowest BCUT2D eigenvalue weighted by Crippen LogP contribution is -2.49. The molecule has 3 saturated heterocycles. The Kier molecular flexibility index (Phi) is 10.1. The fourth-order valence-corrected chi connectivity index (χ4v) is 9.97. The second-order valence-corrected chi connectivity index (χ2v) is 18.1. The first-order chi connectivity index (χ1) is 29.4. The summed E-state index contributed by atoms with van der Waals surface area (Å²) in [6, 6.07) is 10.6. The van der Waals surface area contributed by atoms with Crippen LogP contribution >= 0.6 is 15.9 Å². The van der Waals surface area contributed by atoms with Crippen LogP contribution in [0, 0.1) is 11.8 Å². The molecule has 10 rings (SSSR count). The SMILES string of the molecule is Cn1nc(C2CCC(=O)NC2=O)c2cccc(N3CCC(CN4CCN(c5ncc(Br)c(Nc6ccc7c(c6)c6c(c(=O)n7C)OCC(F)(F)[C@H](C7CC7)N6)n5)CC4)CC3)c21. The topological polar surface area (TPSA) is 155 Å². The van der Waals surface area contributed by atoms with Gasteiger partial charge in [0.2, 0.25) is 23.5 Å². The number of halogens is 3. The van der Waals surface area contributed by atoms with E-state index in [1.807, 2.05) is 36.0 Å². The summed E-state index contributed by atoms with van der Waals surface area (Å²) in [4.78, 5) is 54.5. The second-order valence-electron chi connectivity index (χ2n) is 17.2. The zero-order valence-electron chi connectivity index (χ0n) is 34.1. The number of amides is 2. The van der Waals surface area contributed by atoms with Gasteiger partial charge >= 0.3 is 5.92 Å². The number of fused-ring (bicyclic) bond motifs is 4. The van der Waals surface area contributed by atoms with Crippen molar-refractivity contribution in [2.75, 3.05) is 72.9 Å². The lowest BCUT2D eigenvalue weighted by molar-refractivity contribution is -0.134. The average Bonchev–Trinajstić information content (AvgIpc) is 4.05. The van der Waals surface area contributed by atoms with Gasteiger partial charge in [-0.3, -0.25) is 29.3 Å². The van der Waals surface area contributed by atoms with E-state index < -0.39 is 30.0 Å². The van der Waals surface area contributed by atoms with Gasteiger partial charge in [-0.25, -0.2) is 13.8 Å². The van der Waals surface area contributed by atoms with Crippen molar-refractivity contribution in [3.63, 3.8) is 0 Å². The van der Waals surface area contributed by atoms with Crippen LogP contribution in [-0.4, -0.2) is 105 Å². The normalized spacial score (nSPS) is 22.4. The van der Waals surface area contributed by atoms with Gasteiger partial charge in [0.1, 0.15) is 5.82 Å². The van der Waals surface area contributed by atoms with Crippen molar-refractivity contribution in [3.8, 4) is 5.75 Å². The van der Waals surface area contributed by atoms with Gasteiger partial charge in [0, 0.05) is 89.0 Å². The van der Waals surface area contributed by atoms with E-state index in [4.69, 9.17) is 14.8 Å². The maximum atomic E-state index is 15.2. The molecule has 5 aromatic rings. The maximum absolute atomic E-state index is 15.2. The molecular formula is C43H48BrF2N11O4. The lowest BCUT2D eigenvalue weighted by Gasteiger charge is -2.39. The number of piperazine rings is 1. The van der Waals surface area contributed by atoms with Crippen molar-refractivity contribution < 1.29 is 23.1 Å². The standard InChI is InChI=1S/C43H48BrF2N11O4/c1-53-31-10-8-26(20-29(31)35-37(41(53)60)61-23-43(45,46)38(50-35)25-6-7-25)48-39-30(44)21-47-42(51-39)57-18-16-55(17-19-57)22-24-12-14-56(15-13-24)32-5-3-4-27-34(52-54(2)36(27)32)28-9-11-33(58)49-40(28)59/h3-5,8,10,20-21,24-25,28,38,50H,6-7,9,11-19,22-23H2,1-2H3,(H,47,48,51)(H,49,58,59)/t28?,38-/m0/s1. The Hall–Kier alpha value is -5.36. The minimum Gasteiger partial charge on any atom is -0.480 e. The molecule has 61 heavy (non-hydrogen) atoms. The van der Waals surface area contributed by atoms with Crippen LogP contribution in [0.25, 0.3) is 21.8 Å². The smallest absolute Gasteiger partial charge is 0.301 e. The number of rotatable bonds is 8. The van der Waals surface area contributed by atoms with E-state index in [2.05, 4.69) is 57.6 Å². The number of benzene rings is 2. The van der Waals surface area contributed by atoms with E-state index >= 15 is 8.78 Å². The summed E-state index contributed by atoms with van der Waals surface area (Å²) in [5.41, 5.74) is 3.99. The van der Waals surface area contributed by atoms with Crippen molar-refractivity contribution in [2.24, 2.45) is 25.9 Å². The number of hydrogen-bond acceptors (Lipinski definition) is 12. The lowest BCUT2D eigenvalue weighted by atomic mass is 9.92. The van der Waals surface area contributed by atoms with E-state index in [1.54, 1.807) is 19.3 Å². The molecule has 5 aliphatic rings. The van der Waals surface area contributed by atoms with Crippen molar-refractivity contribution in [1.82, 2.24) is 34.5 Å². The minimum absolute atomic E-state index is 0.0906. The van der Waals surface area contributed by atoms with Gasteiger partial charge < -0.3 is 29.7 Å². The molecule has 4 fully saturated rings. The second kappa shape index (κ2) is 15.5. The van der Waals surface area contributed by atoms with Gasteiger partial charge in [0.05, 0.1) is 44.5 Å². The van der Waals surface area contributed by atoms with Crippen LogP contribution in [0.4, 0.5) is 37.6 Å². The van der Waals surface area contributed by atoms with Gasteiger partial charge in [-0.15, -0.1) is 0 Å². The fourth-order valence-electron chi connectivity index (χ4n) is 9.68. The Morgan fingerprint density at radius 1 is 0.951 bits per heavy atom. The molecule has 0 radical (unpaired) electrons. The number of para-hydroxylation sites is 1. The van der Waals surface area contributed by atoms with Crippen molar-refractivity contribution in [2.45, 2.75) is 56.4 Å². The molecule has 2 amide bonds. The number of alkyl halides is 2. The molecule has 3 aromatic heterocycles. The molecule has 320 valence electrons. The number of imide groups is 1. The third-order valence-electron chi connectivity index (χ3n) is 13.2. The van der Waals surface area contributed by atoms with Crippen LogP contribution < -0.4 is 36.0 Å². The molecule has 1 aliphatic carbocycles. The van der Waals surface area contributed by atoms with Gasteiger partial charge in [-0.1, -0.05) is 12.1 Å². The summed E-state index contributed by atoms with van der Waals surface area (Å²) in [7, 11) is 3.55. The van der Waals surface area contributed by atoms with Gasteiger partial charge in [-0.2, -0.15) is 10.1 Å². The molecule has 0 bridgehead atoms. The first-order valence-electron chi connectivity index (χ1n) is 21.2. The quantitative estimate of drug-likeness (QED) is 0.169. The monoisotopic (exact) mass is 899 g/mol. The number of nitrogens with one attached hydrogen (secondary N) is 3. The van der Waals surface area contributed by atoms with Crippen LogP contribution in [0.15, 0.2) is 51.9 Å². The summed E-state index contributed by atoms with van der Waals surface area (Å²) >= 11 is 3.61. The summed E-state index contributed by atoms with van der Waals surface area (Å²) in [6.45, 7) is 5.41. The number of aryl methyl sites for hydroxylation is 2. The number of hydrogen-bond donors (Lipinski definition) is 3. The highest BCUT2D eigenvalue weighted by molar-refractivity contribution is 9.10. The molecule has 18 heteroatoms. The largest absolute Gasteiger partial charge is 0.480 e. The van der Waals surface area contributed by atoms with Crippen LogP contribution in [0.3, 0.4) is 0 Å².